The minimum absolute atomic E-state index is 0.362. The third-order valence-corrected chi connectivity index (χ3v) is 3.57. The summed E-state index contributed by atoms with van der Waals surface area (Å²) < 4.78 is 0. The van der Waals surface area contributed by atoms with Gasteiger partial charge in [-0.05, 0) is 63.0 Å². The quantitative estimate of drug-likeness (QED) is 0.863. The molecule has 1 N–H and O–H groups in total. The molecule has 17 heavy (non-hydrogen) atoms. The lowest BCUT2D eigenvalue weighted by Crippen LogP contribution is -2.26. The van der Waals surface area contributed by atoms with Crippen LogP contribution in [0.5, 0.6) is 5.75 Å². The highest BCUT2D eigenvalue weighted by Gasteiger charge is 2.07. The van der Waals surface area contributed by atoms with Gasteiger partial charge in [-0.2, -0.15) is 0 Å². The van der Waals surface area contributed by atoms with Crippen LogP contribution in [0, 0.1) is 0 Å². The van der Waals surface area contributed by atoms with Crippen LogP contribution in [0.3, 0.4) is 0 Å². The van der Waals surface area contributed by atoms with Gasteiger partial charge >= 0.3 is 0 Å². The van der Waals surface area contributed by atoms with E-state index in [2.05, 4.69) is 4.90 Å². The van der Waals surface area contributed by atoms with Crippen molar-refractivity contribution in [2.24, 2.45) is 0 Å². The molecule has 0 bridgehead atoms. The molecule has 1 fully saturated rings. The van der Waals surface area contributed by atoms with Crippen LogP contribution in [0.1, 0.15) is 37.7 Å². The second-order valence-corrected chi connectivity index (χ2v) is 5.03. The zero-order chi connectivity index (χ0) is 11.9. The molecule has 1 aromatic carbocycles. The minimum Gasteiger partial charge on any atom is -0.508 e. The Morgan fingerprint density at radius 3 is 2.24 bits per heavy atom. The number of aryl methyl sites for hydroxylation is 1. The van der Waals surface area contributed by atoms with Crippen molar-refractivity contribution in [3.8, 4) is 5.75 Å². The highest BCUT2D eigenvalue weighted by Crippen LogP contribution is 2.13. The van der Waals surface area contributed by atoms with Crippen LogP contribution in [-0.4, -0.2) is 29.6 Å². The highest BCUT2D eigenvalue weighted by atomic mass is 16.3. The SMILES string of the molecule is Oc1ccc(CCCN2CCCCCC2)cc1. The van der Waals surface area contributed by atoms with Crippen LogP contribution in [0.4, 0.5) is 0 Å². The third-order valence-electron chi connectivity index (χ3n) is 3.57. The van der Waals surface area contributed by atoms with Crippen molar-refractivity contribution in [2.75, 3.05) is 19.6 Å². The molecular formula is C15H23NO. The summed E-state index contributed by atoms with van der Waals surface area (Å²) in [6.07, 6.45) is 7.92. The van der Waals surface area contributed by atoms with E-state index in [0.717, 1.165) is 6.42 Å². The minimum atomic E-state index is 0.362. The molecule has 1 aliphatic rings. The van der Waals surface area contributed by atoms with Gasteiger partial charge in [-0.1, -0.05) is 25.0 Å². The van der Waals surface area contributed by atoms with E-state index in [4.69, 9.17) is 0 Å². The fourth-order valence-corrected chi connectivity index (χ4v) is 2.53. The summed E-state index contributed by atoms with van der Waals surface area (Å²) in [5.74, 6) is 0.362. The molecule has 0 amide bonds. The number of aromatic hydroxyl groups is 1. The van der Waals surface area contributed by atoms with Gasteiger partial charge in [0.15, 0.2) is 0 Å². The lowest BCUT2D eigenvalue weighted by molar-refractivity contribution is 0.281. The van der Waals surface area contributed by atoms with Crippen LogP contribution in [0.15, 0.2) is 24.3 Å². The molecule has 1 saturated heterocycles. The maximum atomic E-state index is 9.21. The van der Waals surface area contributed by atoms with Crippen molar-refractivity contribution >= 4 is 0 Å². The van der Waals surface area contributed by atoms with E-state index in [-0.39, 0.29) is 0 Å². The Hall–Kier alpha value is -1.02. The van der Waals surface area contributed by atoms with Gasteiger partial charge in [-0.15, -0.1) is 0 Å². The summed E-state index contributed by atoms with van der Waals surface area (Å²) in [4.78, 5) is 2.60. The van der Waals surface area contributed by atoms with E-state index in [0.29, 0.717) is 5.75 Å². The zero-order valence-corrected chi connectivity index (χ0v) is 10.6. The van der Waals surface area contributed by atoms with Crippen molar-refractivity contribution in [3.63, 3.8) is 0 Å². The summed E-state index contributed by atoms with van der Waals surface area (Å²) in [6, 6.07) is 7.61. The van der Waals surface area contributed by atoms with E-state index in [9.17, 15) is 5.11 Å². The van der Waals surface area contributed by atoms with Crippen LogP contribution >= 0.6 is 0 Å². The Kier molecular flexibility index (Phi) is 4.87. The van der Waals surface area contributed by atoms with Gasteiger partial charge < -0.3 is 10.0 Å². The van der Waals surface area contributed by atoms with E-state index < -0.39 is 0 Å². The number of nitrogens with zero attached hydrogens (tertiary/aromatic N) is 1. The van der Waals surface area contributed by atoms with Crippen molar-refractivity contribution in [2.45, 2.75) is 38.5 Å². The summed E-state index contributed by atoms with van der Waals surface area (Å²) in [7, 11) is 0. The molecule has 94 valence electrons. The lowest BCUT2D eigenvalue weighted by Gasteiger charge is -2.19. The smallest absolute Gasteiger partial charge is 0.115 e. The summed E-state index contributed by atoms with van der Waals surface area (Å²) in [5.41, 5.74) is 1.33. The number of phenolic OH excluding ortho intramolecular Hbond substituents is 1. The fraction of sp³-hybridized carbons (Fsp3) is 0.600. The summed E-state index contributed by atoms with van der Waals surface area (Å²) in [6.45, 7) is 3.80. The first-order chi connectivity index (χ1) is 8.34. The Bertz CT molecular complexity index is 312. The zero-order valence-electron chi connectivity index (χ0n) is 10.6. The van der Waals surface area contributed by atoms with E-state index in [1.165, 1.54) is 57.3 Å². The van der Waals surface area contributed by atoms with Crippen molar-refractivity contribution in [1.82, 2.24) is 4.90 Å². The van der Waals surface area contributed by atoms with Crippen LogP contribution in [0.25, 0.3) is 0 Å². The van der Waals surface area contributed by atoms with Crippen molar-refractivity contribution in [3.05, 3.63) is 29.8 Å². The number of likely N-dealkylation sites (tertiary alicyclic amines) is 1. The molecule has 0 radical (unpaired) electrons. The molecule has 2 nitrogen and oxygen atoms in total. The molecule has 0 spiro atoms. The first-order valence-corrected chi connectivity index (χ1v) is 6.85. The number of rotatable bonds is 4. The average molecular weight is 233 g/mol. The van der Waals surface area contributed by atoms with E-state index >= 15 is 0 Å². The van der Waals surface area contributed by atoms with Crippen LogP contribution < -0.4 is 0 Å². The molecule has 0 aromatic heterocycles. The molecule has 1 aromatic rings. The van der Waals surface area contributed by atoms with Gasteiger partial charge in [0.05, 0.1) is 0 Å². The molecule has 2 rings (SSSR count). The Balaban J connectivity index is 1.69. The van der Waals surface area contributed by atoms with Gasteiger partial charge in [0, 0.05) is 0 Å². The second kappa shape index (κ2) is 6.65. The van der Waals surface area contributed by atoms with Crippen molar-refractivity contribution in [1.29, 1.82) is 0 Å². The predicted molar refractivity (Wildman–Crippen MR) is 71.3 cm³/mol. The third kappa shape index (κ3) is 4.39. The first-order valence-electron chi connectivity index (χ1n) is 6.85. The van der Waals surface area contributed by atoms with Gasteiger partial charge in [0.25, 0.3) is 0 Å². The maximum Gasteiger partial charge on any atom is 0.115 e. The number of hydrogen-bond donors (Lipinski definition) is 1. The topological polar surface area (TPSA) is 23.5 Å². The Morgan fingerprint density at radius 2 is 1.59 bits per heavy atom. The standard InChI is InChI=1S/C15H23NO/c17-15-9-7-14(8-10-15)6-5-13-16-11-3-1-2-4-12-16/h7-10,17H,1-6,11-13H2. The van der Waals surface area contributed by atoms with Crippen molar-refractivity contribution < 1.29 is 5.11 Å². The van der Waals surface area contributed by atoms with E-state index in [1.807, 2.05) is 12.1 Å². The van der Waals surface area contributed by atoms with Crippen LogP contribution in [0.2, 0.25) is 0 Å². The van der Waals surface area contributed by atoms with Gasteiger partial charge in [0.2, 0.25) is 0 Å². The van der Waals surface area contributed by atoms with Gasteiger partial charge in [0.1, 0.15) is 5.75 Å². The molecule has 0 aliphatic carbocycles. The number of phenols is 1. The normalized spacial score (nSPS) is 17.9. The molecule has 1 aliphatic heterocycles. The molecule has 2 heteroatoms. The fourth-order valence-electron chi connectivity index (χ4n) is 2.53. The lowest BCUT2D eigenvalue weighted by atomic mass is 10.1. The Morgan fingerprint density at radius 1 is 0.941 bits per heavy atom. The predicted octanol–water partition coefficient (Wildman–Crippen LogP) is 3.20. The maximum absolute atomic E-state index is 9.21. The average Bonchev–Trinajstić information content (AvgIpc) is 2.60. The van der Waals surface area contributed by atoms with Crippen LogP contribution in [-0.2, 0) is 6.42 Å². The monoisotopic (exact) mass is 233 g/mol. The van der Waals surface area contributed by atoms with E-state index in [1.54, 1.807) is 12.1 Å². The van der Waals surface area contributed by atoms with Gasteiger partial charge in [-0.25, -0.2) is 0 Å². The largest absolute Gasteiger partial charge is 0.508 e. The van der Waals surface area contributed by atoms with Gasteiger partial charge in [-0.3, -0.25) is 0 Å². The molecule has 0 saturated carbocycles. The second-order valence-electron chi connectivity index (χ2n) is 5.03. The Labute approximate surface area is 104 Å². The first kappa shape index (κ1) is 12.4. The summed E-state index contributed by atoms with van der Waals surface area (Å²) >= 11 is 0. The molecule has 0 atom stereocenters. The molecule has 1 heterocycles. The number of hydrogen-bond acceptors (Lipinski definition) is 2. The number of benzene rings is 1. The molecular weight excluding hydrogens is 210 g/mol. The molecule has 0 unspecified atom stereocenters. The highest BCUT2D eigenvalue weighted by molar-refractivity contribution is 5.25. The summed E-state index contributed by atoms with van der Waals surface area (Å²) in [5, 5.41) is 9.21.